The number of methoxy groups -OCH3 is 3. The van der Waals surface area contributed by atoms with Gasteiger partial charge in [0.15, 0.2) is 11.5 Å². The van der Waals surface area contributed by atoms with Crippen LogP contribution in [0.5, 0.6) is 11.5 Å². The van der Waals surface area contributed by atoms with Gasteiger partial charge in [0.1, 0.15) is 0 Å². The van der Waals surface area contributed by atoms with Crippen LogP contribution in [0.4, 0.5) is 0 Å². The first-order valence-electron chi connectivity index (χ1n) is 9.12. The third-order valence-corrected chi connectivity index (χ3v) is 4.58. The molecule has 3 aromatic rings. The average Bonchev–Trinajstić information content (AvgIpc) is 2.76. The molecule has 0 unspecified atom stereocenters. The lowest BCUT2D eigenvalue weighted by molar-refractivity contribution is 0.0556. The van der Waals surface area contributed by atoms with Gasteiger partial charge in [0.05, 0.1) is 39.1 Å². The first-order valence-corrected chi connectivity index (χ1v) is 9.12. The number of esters is 2. The van der Waals surface area contributed by atoms with Gasteiger partial charge in [-0.15, -0.1) is 0 Å². The highest BCUT2D eigenvalue weighted by Crippen LogP contribution is 2.40. The fourth-order valence-electron chi connectivity index (χ4n) is 3.32. The number of fused-ring (bicyclic) bond motifs is 1. The molecule has 2 aromatic carbocycles. The first kappa shape index (κ1) is 20.9. The number of hydrogen-bond acceptors (Lipinski definition) is 7. The minimum absolute atomic E-state index is 0.00457. The van der Waals surface area contributed by atoms with E-state index < -0.39 is 11.9 Å². The number of H-pyrrole nitrogens is 1. The summed E-state index contributed by atoms with van der Waals surface area (Å²) < 4.78 is 20.9. The second-order valence-corrected chi connectivity index (χ2v) is 6.26. The summed E-state index contributed by atoms with van der Waals surface area (Å²) in [6.07, 6.45) is 1.46. The van der Waals surface area contributed by atoms with Crippen LogP contribution in [0.25, 0.3) is 21.9 Å². The Kier molecular flexibility index (Phi) is 6.06. The smallest absolute Gasteiger partial charge is 0.339 e. The van der Waals surface area contributed by atoms with Gasteiger partial charge in [0.2, 0.25) is 5.56 Å². The predicted molar refractivity (Wildman–Crippen MR) is 110 cm³/mol. The Hall–Kier alpha value is -3.81. The summed E-state index contributed by atoms with van der Waals surface area (Å²) in [6, 6.07) is 7.91. The molecule has 8 nitrogen and oxygen atoms in total. The topological polar surface area (TPSA) is 104 Å². The molecular weight excluding hydrogens is 390 g/mol. The van der Waals surface area contributed by atoms with E-state index in [1.54, 1.807) is 18.2 Å². The van der Waals surface area contributed by atoms with E-state index in [1.165, 1.54) is 39.7 Å². The van der Waals surface area contributed by atoms with Crippen molar-refractivity contribution in [1.29, 1.82) is 0 Å². The lowest BCUT2D eigenvalue weighted by Crippen LogP contribution is -2.14. The molecule has 1 N–H and O–H groups in total. The molecule has 1 aromatic heterocycles. The Morgan fingerprint density at radius 2 is 1.70 bits per heavy atom. The van der Waals surface area contributed by atoms with E-state index >= 15 is 0 Å². The van der Waals surface area contributed by atoms with Gasteiger partial charge in [-0.05, 0) is 47.5 Å². The molecule has 0 amide bonds. The number of nitrogens with one attached hydrogen (secondary N) is 1. The predicted octanol–water partition coefficient (Wildman–Crippen LogP) is 3.18. The van der Waals surface area contributed by atoms with E-state index in [9.17, 15) is 14.4 Å². The molecular formula is C22H21NO7. The van der Waals surface area contributed by atoms with Gasteiger partial charge in [-0.25, -0.2) is 9.59 Å². The average molecular weight is 411 g/mol. The van der Waals surface area contributed by atoms with E-state index in [0.29, 0.717) is 40.0 Å². The molecule has 0 aliphatic heterocycles. The Morgan fingerprint density at radius 3 is 2.30 bits per heavy atom. The zero-order valence-corrected chi connectivity index (χ0v) is 17.0. The lowest BCUT2D eigenvalue weighted by Gasteiger charge is -2.18. The molecule has 0 saturated heterocycles. The Balaban J connectivity index is 2.55. The van der Waals surface area contributed by atoms with Crippen molar-refractivity contribution in [2.75, 3.05) is 27.9 Å². The number of carbonyl (C=O) groups excluding carboxylic acids is 2. The number of benzene rings is 2. The van der Waals surface area contributed by atoms with Gasteiger partial charge in [-0.1, -0.05) is 0 Å². The molecule has 0 saturated carbocycles. The van der Waals surface area contributed by atoms with Crippen molar-refractivity contribution >= 4 is 22.7 Å². The summed E-state index contributed by atoms with van der Waals surface area (Å²) in [7, 11) is 3.94. The maximum atomic E-state index is 12.7. The van der Waals surface area contributed by atoms with Gasteiger partial charge < -0.3 is 23.9 Å². The molecule has 0 spiro atoms. The number of aromatic nitrogens is 1. The van der Waals surface area contributed by atoms with Crippen LogP contribution in [0.3, 0.4) is 0 Å². The molecule has 0 bridgehead atoms. The van der Waals surface area contributed by atoms with Crippen LogP contribution in [0, 0.1) is 0 Å². The minimum Gasteiger partial charge on any atom is -0.493 e. The monoisotopic (exact) mass is 411 g/mol. The Morgan fingerprint density at radius 1 is 0.967 bits per heavy atom. The van der Waals surface area contributed by atoms with Gasteiger partial charge in [0, 0.05) is 17.8 Å². The van der Waals surface area contributed by atoms with Crippen molar-refractivity contribution in [3.05, 3.63) is 58.0 Å². The van der Waals surface area contributed by atoms with Crippen LogP contribution >= 0.6 is 0 Å². The van der Waals surface area contributed by atoms with E-state index in [2.05, 4.69) is 4.98 Å². The van der Waals surface area contributed by atoms with Crippen LogP contribution in [-0.2, 0) is 9.47 Å². The van der Waals surface area contributed by atoms with Crippen LogP contribution in [0.15, 0.2) is 41.3 Å². The van der Waals surface area contributed by atoms with Crippen LogP contribution < -0.4 is 15.0 Å². The molecule has 0 aliphatic carbocycles. The van der Waals surface area contributed by atoms with Crippen LogP contribution in [-0.4, -0.2) is 44.9 Å². The fourth-order valence-corrected chi connectivity index (χ4v) is 3.32. The number of hydrogen-bond donors (Lipinski definition) is 1. The summed E-state index contributed by atoms with van der Waals surface area (Å²) in [6.45, 7) is 2.23. The summed E-state index contributed by atoms with van der Waals surface area (Å²) in [5.74, 6) is -0.527. The number of aromatic amines is 1. The summed E-state index contributed by atoms with van der Waals surface area (Å²) in [4.78, 5) is 39.8. The quantitative estimate of drug-likeness (QED) is 0.621. The second-order valence-electron chi connectivity index (χ2n) is 6.26. The van der Waals surface area contributed by atoms with Gasteiger partial charge in [-0.3, -0.25) is 4.79 Å². The van der Waals surface area contributed by atoms with Crippen molar-refractivity contribution in [3.63, 3.8) is 0 Å². The Bertz CT molecular complexity index is 1180. The van der Waals surface area contributed by atoms with E-state index in [0.717, 1.165) is 0 Å². The molecule has 30 heavy (non-hydrogen) atoms. The van der Waals surface area contributed by atoms with Crippen molar-refractivity contribution in [3.8, 4) is 22.6 Å². The molecule has 1 heterocycles. The summed E-state index contributed by atoms with van der Waals surface area (Å²) >= 11 is 0. The van der Waals surface area contributed by atoms with Crippen molar-refractivity contribution in [2.45, 2.75) is 6.92 Å². The van der Waals surface area contributed by atoms with Crippen LogP contribution in [0.1, 0.15) is 27.6 Å². The van der Waals surface area contributed by atoms with Crippen molar-refractivity contribution in [2.24, 2.45) is 0 Å². The molecule has 0 aliphatic rings. The van der Waals surface area contributed by atoms with E-state index in [1.807, 2.05) is 6.92 Å². The molecule has 156 valence electrons. The van der Waals surface area contributed by atoms with Gasteiger partial charge >= 0.3 is 11.9 Å². The van der Waals surface area contributed by atoms with Crippen LogP contribution in [0.2, 0.25) is 0 Å². The maximum Gasteiger partial charge on any atom is 0.339 e. The van der Waals surface area contributed by atoms with E-state index in [-0.39, 0.29) is 16.7 Å². The largest absolute Gasteiger partial charge is 0.493 e. The number of pyridine rings is 1. The molecule has 0 radical (unpaired) electrons. The van der Waals surface area contributed by atoms with Crippen molar-refractivity contribution in [1.82, 2.24) is 4.98 Å². The molecule has 0 atom stereocenters. The van der Waals surface area contributed by atoms with Crippen molar-refractivity contribution < 1.29 is 28.5 Å². The standard InChI is InChI=1S/C22H21NO7/c1-5-30-17-11-14-13(9-16(17)27-2)8-15(21(25)28-3)20(22(26)29-4)19(14)12-6-7-23-18(24)10-12/h6-11H,5H2,1-4H3,(H,23,24). The fraction of sp³-hybridized carbons (Fsp3) is 0.227. The normalized spacial score (nSPS) is 10.5. The molecule has 0 fully saturated rings. The number of ether oxygens (including phenoxy) is 4. The highest BCUT2D eigenvalue weighted by Gasteiger charge is 2.27. The Labute approximate surface area is 172 Å². The van der Waals surface area contributed by atoms with Gasteiger partial charge in [0.25, 0.3) is 0 Å². The molecule has 3 rings (SSSR count). The third-order valence-electron chi connectivity index (χ3n) is 4.58. The molecule has 8 heteroatoms. The first-order chi connectivity index (χ1) is 14.4. The number of carbonyl (C=O) groups is 2. The highest BCUT2D eigenvalue weighted by atomic mass is 16.5. The maximum absolute atomic E-state index is 12.7. The van der Waals surface area contributed by atoms with E-state index in [4.69, 9.17) is 18.9 Å². The summed E-state index contributed by atoms with van der Waals surface area (Å²) in [5, 5.41) is 1.18. The zero-order valence-electron chi connectivity index (χ0n) is 17.0. The SMILES string of the molecule is CCOc1cc2c(-c3cc[nH]c(=O)c3)c(C(=O)OC)c(C(=O)OC)cc2cc1OC. The number of rotatable bonds is 6. The zero-order chi connectivity index (χ0) is 21.8. The van der Waals surface area contributed by atoms with Gasteiger partial charge in [-0.2, -0.15) is 0 Å². The lowest BCUT2D eigenvalue weighted by atomic mass is 9.89. The second kappa shape index (κ2) is 8.69. The highest BCUT2D eigenvalue weighted by molar-refractivity contribution is 6.15. The third kappa shape index (κ3) is 3.71. The minimum atomic E-state index is -0.735. The summed E-state index contributed by atoms with van der Waals surface area (Å²) in [5.41, 5.74) is 0.434.